The van der Waals surface area contributed by atoms with Gasteiger partial charge in [0.1, 0.15) is 11.6 Å². The summed E-state index contributed by atoms with van der Waals surface area (Å²) >= 11 is 0. The Hall–Kier alpha value is -1.96. The summed E-state index contributed by atoms with van der Waals surface area (Å²) in [5, 5.41) is 0. The fourth-order valence-corrected chi connectivity index (χ4v) is 2.63. The van der Waals surface area contributed by atoms with E-state index >= 15 is 0 Å². The Morgan fingerprint density at radius 2 is 1.43 bits per heavy atom. The topological polar surface area (TPSA) is 0 Å². The molecule has 0 aliphatic carbocycles. The van der Waals surface area contributed by atoms with Crippen LogP contribution in [0.4, 0.5) is 8.78 Å². The lowest BCUT2D eigenvalue weighted by Gasteiger charge is -2.08. The first-order valence-corrected chi connectivity index (χ1v) is 8.36. The van der Waals surface area contributed by atoms with Crippen molar-refractivity contribution < 1.29 is 8.78 Å². The maximum Gasteiger partial charge on any atom is 0.129 e. The van der Waals surface area contributed by atoms with Crippen LogP contribution in [0.5, 0.6) is 0 Å². The number of hydrogen-bond donors (Lipinski definition) is 0. The van der Waals surface area contributed by atoms with Crippen LogP contribution in [0.2, 0.25) is 0 Å². The fourth-order valence-electron chi connectivity index (χ4n) is 2.63. The number of benzene rings is 2. The molecule has 23 heavy (non-hydrogen) atoms. The van der Waals surface area contributed by atoms with Gasteiger partial charge in [0.15, 0.2) is 0 Å². The van der Waals surface area contributed by atoms with Crippen LogP contribution in [0.15, 0.2) is 42.5 Å². The van der Waals surface area contributed by atoms with E-state index in [1.54, 1.807) is 0 Å². The highest BCUT2D eigenvalue weighted by atomic mass is 19.1. The minimum absolute atomic E-state index is 0.211. The second-order valence-electron chi connectivity index (χ2n) is 5.84. The molecule has 0 bridgehead atoms. The summed E-state index contributed by atoms with van der Waals surface area (Å²) in [6.45, 7) is 4.03. The van der Waals surface area contributed by atoms with Gasteiger partial charge < -0.3 is 0 Å². The molecule has 2 aromatic carbocycles. The number of allylic oxidation sites excluding steroid dienone is 1. The molecule has 0 heterocycles. The zero-order valence-electron chi connectivity index (χ0n) is 13.9. The average Bonchev–Trinajstić information content (AvgIpc) is 2.55. The van der Waals surface area contributed by atoms with Gasteiger partial charge in [-0.2, -0.15) is 0 Å². The van der Waals surface area contributed by atoms with Crippen LogP contribution in [0.3, 0.4) is 0 Å². The van der Waals surface area contributed by atoms with E-state index in [1.165, 1.54) is 23.3 Å². The maximum atomic E-state index is 13.9. The van der Waals surface area contributed by atoms with Crippen molar-refractivity contribution in [1.29, 1.82) is 0 Å². The Morgan fingerprint density at radius 3 is 2.00 bits per heavy atom. The normalized spacial score (nSPS) is 11.3. The lowest BCUT2D eigenvalue weighted by Crippen LogP contribution is -2.00. The molecule has 0 radical (unpaired) electrons. The van der Waals surface area contributed by atoms with E-state index in [2.05, 4.69) is 43.3 Å². The molecule has 2 heteroatoms. The third-order valence-corrected chi connectivity index (χ3v) is 3.93. The predicted molar refractivity (Wildman–Crippen MR) is 93.5 cm³/mol. The van der Waals surface area contributed by atoms with Crippen molar-refractivity contribution in [2.24, 2.45) is 0 Å². The summed E-state index contributed by atoms with van der Waals surface area (Å²) in [5.74, 6) is -0.830. The molecule has 0 spiro atoms. The predicted octanol–water partition coefficient (Wildman–Crippen LogP) is 6.13. The smallest absolute Gasteiger partial charge is 0.129 e. The van der Waals surface area contributed by atoms with Crippen molar-refractivity contribution in [2.45, 2.75) is 46.0 Å². The van der Waals surface area contributed by atoms with Gasteiger partial charge in [-0.15, -0.1) is 0 Å². The van der Waals surface area contributed by atoms with E-state index in [1.807, 2.05) is 6.92 Å². The van der Waals surface area contributed by atoms with Crippen molar-refractivity contribution >= 4 is 6.08 Å². The van der Waals surface area contributed by atoms with Gasteiger partial charge in [0.2, 0.25) is 0 Å². The van der Waals surface area contributed by atoms with Crippen LogP contribution in [0, 0.1) is 11.6 Å². The molecule has 122 valence electrons. The quantitative estimate of drug-likeness (QED) is 0.577. The van der Waals surface area contributed by atoms with E-state index in [0.717, 1.165) is 24.8 Å². The molecule has 0 unspecified atom stereocenters. The molecule has 0 nitrogen and oxygen atoms in total. The third-order valence-electron chi connectivity index (χ3n) is 3.93. The Balaban J connectivity index is 2.02. The SMILES string of the molecule is CCC=Cc1ccc(CCc2cc(F)c(CCC)c(F)c2)cc1. The second-order valence-corrected chi connectivity index (χ2v) is 5.84. The summed E-state index contributed by atoms with van der Waals surface area (Å²) < 4.78 is 27.9. The van der Waals surface area contributed by atoms with Gasteiger partial charge in [-0.25, -0.2) is 8.78 Å². The highest BCUT2D eigenvalue weighted by Crippen LogP contribution is 2.19. The van der Waals surface area contributed by atoms with Gasteiger partial charge in [-0.05, 0) is 54.5 Å². The van der Waals surface area contributed by atoms with Gasteiger partial charge in [-0.3, -0.25) is 0 Å². The van der Waals surface area contributed by atoms with Gasteiger partial charge in [0, 0.05) is 5.56 Å². The molecule has 0 aliphatic rings. The first-order valence-electron chi connectivity index (χ1n) is 8.36. The van der Waals surface area contributed by atoms with Gasteiger partial charge >= 0.3 is 0 Å². The molecule has 0 aromatic heterocycles. The largest absolute Gasteiger partial charge is 0.207 e. The maximum absolute atomic E-state index is 13.9. The third kappa shape index (κ3) is 5.02. The molecule has 2 rings (SSSR count). The Morgan fingerprint density at radius 1 is 0.826 bits per heavy atom. The summed E-state index contributed by atoms with van der Waals surface area (Å²) in [6, 6.07) is 11.3. The number of aryl methyl sites for hydroxylation is 2. The molecule has 0 N–H and O–H groups in total. The van der Waals surface area contributed by atoms with Gasteiger partial charge in [-0.1, -0.05) is 56.7 Å². The first-order chi connectivity index (χ1) is 11.1. The zero-order valence-corrected chi connectivity index (χ0v) is 13.9. The van der Waals surface area contributed by atoms with Crippen LogP contribution in [0.1, 0.15) is 48.9 Å². The fraction of sp³-hybridized carbons (Fsp3) is 0.333. The van der Waals surface area contributed by atoms with E-state index < -0.39 is 11.6 Å². The summed E-state index contributed by atoms with van der Waals surface area (Å²) in [7, 11) is 0. The molecule has 0 saturated heterocycles. The highest BCUT2D eigenvalue weighted by Gasteiger charge is 2.10. The van der Waals surface area contributed by atoms with Crippen LogP contribution in [-0.2, 0) is 19.3 Å². The van der Waals surface area contributed by atoms with Crippen molar-refractivity contribution in [1.82, 2.24) is 0 Å². The zero-order chi connectivity index (χ0) is 16.7. The van der Waals surface area contributed by atoms with Crippen molar-refractivity contribution in [3.8, 4) is 0 Å². The van der Waals surface area contributed by atoms with E-state index in [-0.39, 0.29) is 5.56 Å². The van der Waals surface area contributed by atoms with Crippen LogP contribution < -0.4 is 0 Å². The van der Waals surface area contributed by atoms with Crippen molar-refractivity contribution in [3.63, 3.8) is 0 Å². The lowest BCUT2D eigenvalue weighted by molar-refractivity contribution is 0.549. The number of halogens is 2. The van der Waals surface area contributed by atoms with Crippen molar-refractivity contribution in [3.05, 3.63) is 76.4 Å². The van der Waals surface area contributed by atoms with Crippen LogP contribution in [-0.4, -0.2) is 0 Å². The van der Waals surface area contributed by atoms with Gasteiger partial charge in [0.25, 0.3) is 0 Å². The minimum atomic E-state index is -0.415. The first kappa shape index (κ1) is 17.4. The lowest BCUT2D eigenvalue weighted by atomic mass is 10.00. The monoisotopic (exact) mass is 314 g/mol. The Bertz CT molecular complexity index is 631. The Labute approximate surface area is 137 Å². The van der Waals surface area contributed by atoms with Crippen LogP contribution >= 0.6 is 0 Å². The van der Waals surface area contributed by atoms with E-state index in [4.69, 9.17) is 0 Å². The average molecular weight is 314 g/mol. The van der Waals surface area contributed by atoms with E-state index in [0.29, 0.717) is 12.8 Å². The molecule has 0 atom stereocenters. The molecule has 2 aromatic rings. The molecule has 0 saturated carbocycles. The summed E-state index contributed by atoms with van der Waals surface area (Å²) in [5.41, 5.74) is 3.28. The molecular formula is C21H24F2. The second kappa shape index (κ2) is 8.61. The molecular weight excluding hydrogens is 290 g/mol. The number of hydrogen-bond acceptors (Lipinski definition) is 0. The van der Waals surface area contributed by atoms with E-state index in [9.17, 15) is 8.78 Å². The molecule has 0 aliphatic heterocycles. The summed E-state index contributed by atoms with van der Waals surface area (Å²) in [4.78, 5) is 0. The summed E-state index contributed by atoms with van der Waals surface area (Å²) in [6.07, 6.45) is 7.86. The highest BCUT2D eigenvalue weighted by molar-refractivity contribution is 5.49. The molecule has 0 amide bonds. The van der Waals surface area contributed by atoms with Crippen LogP contribution in [0.25, 0.3) is 6.08 Å². The number of rotatable bonds is 7. The molecule has 0 fully saturated rings. The van der Waals surface area contributed by atoms with Gasteiger partial charge in [0.05, 0.1) is 0 Å². The standard InChI is InChI=1S/C21H24F2/c1-3-5-7-16-8-10-17(11-9-16)12-13-18-14-20(22)19(6-4-2)21(23)15-18/h5,7-11,14-15H,3-4,6,12-13H2,1-2H3. The van der Waals surface area contributed by atoms with Crippen molar-refractivity contribution in [2.75, 3.05) is 0 Å². The minimum Gasteiger partial charge on any atom is -0.207 e. The Kier molecular flexibility index (Phi) is 6.52.